The van der Waals surface area contributed by atoms with Crippen LogP contribution in [0.25, 0.3) is 0 Å². The van der Waals surface area contributed by atoms with Gasteiger partial charge >= 0.3 is 0 Å². The van der Waals surface area contributed by atoms with Crippen LogP contribution in [-0.4, -0.2) is 38.4 Å². The van der Waals surface area contributed by atoms with Crippen LogP contribution in [0.2, 0.25) is 0 Å². The molecule has 11 heavy (non-hydrogen) atoms. The van der Waals surface area contributed by atoms with Gasteiger partial charge in [0.1, 0.15) is 0 Å². The van der Waals surface area contributed by atoms with Gasteiger partial charge in [0, 0.05) is 27.2 Å². The van der Waals surface area contributed by atoms with Gasteiger partial charge in [0.2, 0.25) is 0 Å². The lowest BCUT2D eigenvalue weighted by Crippen LogP contribution is -2.32. The lowest BCUT2D eigenvalue weighted by molar-refractivity contribution is 0.0667. The molecule has 1 unspecified atom stereocenters. The summed E-state index contributed by atoms with van der Waals surface area (Å²) in [7, 11) is 3.98. The zero-order valence-electron chi connectivity index (χ0n) is 8.05. The van der Waals surface area contributed by atoms with E-state index in [1.165, 1.54) is 0 Å². The van der Waals surface area contributed by atoms with E-state index in [-0.39, 0.29) is 0 Å². The van der Waals surface area contributed by atoms with E-state index in [4.69, 9.17) is 4.74 Å². The lowest BCUT2D eigenvalue weighted by Gasteiger charge is -2.15. The predicted octanol–water partition coefficient (Wildman–Crippen LogP) is 0.868. The standard InChI is InChI=1S/C8H20N2O/c1-5-11-8(2)6-7-9-10(3)4/h8-9H,5-7H2,1-4H3. The number of hydrazine groups is 1. The molecule has 0 aliphatic carbocycles. The zero-order valence-corrected chi connectivity index (χ0v) is 8.05. The van der Waals surface area contributed by atoms with Crippen LogP contribution >= 0.6 is 0 Å². The van der Waals surface area contributed by atoms with Crippen molar-refractivity contribution in [2.45, 2.75) is 26.4 Å². The van der Waals surface area contributed by atoms with Gasteiger partial charge in [-0.25, -0.2) is 0 Å². The van der Waals surface area contributed by atoms with E-state index in [9.17, 15) is 0 Å². The number of hydrogen-bond acceptors (Lipinski definition) is 3. The average molecular weight is 160 g/mol. The molecule has 0 rings (SSSR count). The van der Waals surface area contributed by atoms with Gasteiger partial charge in [-0.2, -0.15) is 0 Å². The Morgan fingerprint density at radius 2 is 2.09 bits per heavy atom. The van der Waals surface area contributed by atoms with Crippen LogP contribution in [0.3, 0.4) is 0 Å². The molecule has 0 bridgehead atoms. The van der Waals surface area contributed by atoms with Gasteiger partial charge in [0.15, 0.2) is 0 Å². The average Bonchev–Trinajstić information content (AvgIpc) is 1.87. The van der Waals surface area contributed by atoms with Gasteiger partial charge in [-0.05, 0) is 20.3 Å². The Hall–Kier alpha value is -0.120. The summed E-state index contributed by atoms with van der Waals surface area (Å²) < 4.78 is 5.37. The number of ether oxygens (including phenoxy) is 1. The molecular formula is C8H20N2O. The molecule has 0 aliphatic heterocycles. The number of rotatable bonds is 6. The number of hydrogen-bond donors (Lipinski definition) is 1. The highest BCUT2D eigenvalue weighted by atomic mass is 16.5. The molecule has 0 fully saturated rings. The maximum Gasteiger partial charge on any atom is 0.0559 e. The molecule has 0 spiro atoms. The molecule has 0 aromatic carbocycles. The Bertz CT molecular complexity index is 86.2. The van der Waals surface area contributed by atoms with Gasteiger partial charge in [0.25, 0.3) is 0 Å². The summed E-state index contributed by atoms with van der Waals surface area (Å²) >= 11 is 0. The van der Waals surface area contributed by atoms with Crippen LogP contribution in [0.4, 0.5) is 0 Å². The first-order valence-electron chi connectivity index (χ1n) is 4.19. The van der Waals surface area contributed by atoms with Gasteiger partial charge < -0.3 is 4.74 Å². The SMILES string of the molecule is CCOC(C)CCNN(C)C. The van der Waals surface area contributed by atoms with Crippen LogP contribution in [-0.2, 0) is 4.74 Å². The molecule has 0 radical (unpaired) electrons. The number of nitrogens with zero attached hydrogens (tertiary/aromatic N) is 1. The Morgan fingerprint density at radius 3 is 2.55 bits per heavy atom. The van der Waals surface area contributed by atoms with Crippen molar-refractivity contribution in [3.63, 3.8) is 0 Å². The van der Waals surface area contributed by atoms with Crippen molar-refractivity contribution in [2.24, 2.45) is 0 Å². The minimum Gasteiger partial charge on any atom is -0.379 e. The van der Waals surface area contributed by atoms with Gasteiger partial charge in [-0.3, -0.25) is 10.4 Å². The monoisotopic (exact) mass is 160 g/mol. The minimum atomic E-state index is 0.368. The van der Waals surface area contributed by atoms with Crippen molar-refractivity contribution in [3.8, 4) is 0 Å². The molecule has 68 valence electrons. The van der Waals surface area contributed by atoms with E-state index in [2.05, 4.69) is 12.3 Å². The van der Waals surface area contributed by atoms with Crippen LogP contribution in [0.1, 0.15) is 20.3 Å². The van der Waals surface area contributed by atoms with E-state index >= 15 is 0 Å². The summed E-state index contributed by atoms with van der Waals surface area (Å²) in [4.78, 5) is 0. The largest absolute Gasteiger partial charge is 0.379 e. The Morgan fingerprint density at radius 1 is 1.45 bits per heavy atom. The molecule has 3 nitrogen and oxygen atoms in total. The van der Waals surface area contributed by atoms with Crippen molar-refractivity contribution >= 4 is 0 Å². The molecule has 0 aliphatic rings. The molecule has 0 amide bonds. The molecule has 0 heterocycles. The fraction of sp³-hybridized carbons (Fsp3) is 1.00. The summed E-state index contributed by atoms with van der Waals surface area (Å²) in [5, 5.41) is 1.96. The van der Waals surface area contributed by atoms with Crippen molar-refractivity contribution in [1.82, 2.24) is 10.4 Å². The van der Waals surface area contributed by atoms with E-state index < -0.39 is 0 Å². The molecule has 3 heteroatoms. The predicted molar refractivity (Wildman–Crippen MR) is 47.4 cm³/mol. The molecule has 1 atom stereocenters. The fourth-order valence-corrected chi connectivity index (χ4v) is 0.859. The number of nitrogens with one attached hydrogen (secondary N) is 1. The third-order valence-electron chi connectivity index (χ3n) is 1.43. The summed E-state index contributed by atoms with van der Waals surface area (Å²) in [6.07, 6.45) is 1.43. The minimum absolute atomic E-state index is 0.368. The smallest absolute Gasteiger partial charge is 0.0559 e. The quantitative estimate of drug-likeness (QED) is 0.583. The molecule has 0 aromatic rings. The summed E-state index contributed by atoms with van der Waals surface area (Å²) in [6, 6.07) is 0. The first-order valence-corrected chi connectivity index (χ1v) is 4.19. The normalized spacial score (nSPS) is 13.9. The topological polar surface area (TPSA) is 24.5 Å². The van der Waals surface area contributed by atoms with Gasteiger partial charge in [-0.1, -0.05) is 0 Å². The van der Waals surface area contributed by atoms with Gasteiger partial charge in [0.05, 0.1) is 6.10 Å². The van der Waals surface area contributed by atoms with Crippen molar-refractivity contribution in [2.75, 3.05) is 27.2 Å². The fourth-order valence-electron chi connectivity index (χ4n) is 0.859. The summed E-state index contributed by atoms with van der Waals surface area (Å²) in [5.74, 6) is 0. The molecule has 1 N–H and O–H groups in total. The second-order valence-corrected chi connectivity index (χ2v) is 2.86. The van der Waals surface area contributed by atoms with Crippen LogP contribution in [0, 0.1) is 0 Å². The molecule has 0 saturated carbocycles. The maximum absolute atomic E-state index is 5.37. The van der Waals surface area contributed by atoms with E-state index in [1.807, 2.05) is 26.0 Å². The van der Waals surface area contributed by atoms with E-state index in [0.29, 0.717) is 6.10 Å². The maximum atomic E-state index is 5.37. The Labute approximate surface area is 69.7 Å². The van der Waals surface area contributed by atoms with E-state index in [0.717, 1.165) is 19.6 Å². The summed E-state index contributed by atoms with van der Waals surface area (Å²) in [5.41, 5.74) is 3.19. The third-order valence-corrected chi connectivity index (χ3v) is 1.43. The molecule has 0 saturated heterocycles. The highest BCUT2D eigenvalue weighted by Crippen LogP contribution is 1.94. The third kappa shape index (κ3) is 7.78. The van der Waals surface area contributed by atoms with Crippen LogP contribution in [0.5, 0.6) is 0 Å². The van der Waals surface area contributed by atoms with Crippen molar-refractivity contribution in [3.05, 3.63) is 0 Å². The second kappa shape index (κ2) is 6.58. The van der Waals surface area contributed by atoms with Crippen molar-refractivity contribution < 1.29 is 4.74 Å². The van der Waals surface area contributed by atoms with Crippen LogP contribution < -0.4 is 5.43 Å². The highest BCUT2D eigenvalue weighted by Gasteiger charge is 1.99. The Kier molecular flexibility index (Phi) is 6.51. The summed E-state index contributed by atoms with van der Waals surface area (Å²) in [6.45, 7) is 5.91. The zero-order chi connectivity index (χ0) is 8.69. The van der Waals surface area contributed by atoms with E-state index in [1.54, 1.807) is 0 Å². The lowest BCUT2D eigenvalue weighted by atomic mass is 10.3. The Balaban J connectivity index is 3.10. The second-order valence-electron chi connectivity index (χ2n) is 2.86. The highest BCUT2D eigenvalue weighted by molar-refractivity contribution is 4.51. The molecular weight excluding hydrogens is 140 g/mol. The van der Waals surface area contributed by atoms with Crippen LogP contribution in [0.15, 0.2) is 0 Å². The van der Waals surface area contributed by atoms with Gasteiger partial charge in [-0.15, -0.1) is 0 Å². The van der Waals surface area contributed by atoms with Crippen molar-refractivity contribution in [1.29, 1.82) is 0 Å². The first-order chi connectivity index (χ1) is 5.16. The first kappa shape index (κ1) is 10.9. The molecule has 0 aromatic heterocycles.